The third-order valence-corrected chi connectivity index (χ3v) is 4.58. The van der Waals surface area contributed by atoms with E-state index in [0.717, 1.165) is 12.8 Å². The summed E-state index contributed by atoms with van der Waals surface area (Å²) in [6.07, 6.45) is 1.88. The summed E-state index contributed by atoms with van der Waals surface area (Å²) in [6, 6.07) is 15.1. The second kappa shape index (κ2) is 4.32. The number of aliphatic imine (C=N–C) groups is 1. The first kappa shape index (κ1) is 12.4. The van der Waals surface area contributed by atoms with Crippen LogP contribution in [0, 0.1) is 5.82 Å². The number of guanidine groups is 1. The summed E-state index contributed by atoms with van der Waals surface area (Å²) < 4.78 is 14.3. The van der Waals surface area contributed by atoms with E-state index in [1.807, 2.05) is 23.1 Å². The number of rotatable bonds is 1. The number of nitrogens with zero attached hydrogens (tertiary/aromatic N) is 2. The average molecular weight is 281 g/mol. The van der Waals surface area contributed by atoms with Crippen LogP contribution in [0.3, 0.4) is 0 Å². The Morgan fingerprint density at radius 2 is 1.86 bits per heavy atom. The quantitative estimate of drug-likeness (QED) is 0.873. The van der Waals surface area contributed by atoms with E-state index in [2.05, 4.69) is 17.1 Å². The van der Waals surface area contributed by atoms with Crippen molar-refractivity contribution in [3.63, 3.8) is 0 Å². The Kier molecular flexibility index (Phi) is 2.55. The smallest absolute Gasteiger partial charge is 0.196 e. The second-order valence-electron chi connectivity index (χ2n) is 5.65. The molecule has 1 aliphatic heterocycles. The predicted octanol–water partition coefficient (Wildman–Crippen LogP) is 2.80. The molecule has 1 spiro atoms. The van der Waals surface area contributed by atoms with Gasteiger partial charge in [-0.25, -0.2) is 4.39 Å². The number of halogens is 1. The summed E-state index contributed by atoms with van der Waals surface area (Å²) in [5.74, 6) is 0.137. The predicted molar refractivity (Wildman–Crippen MR) is 81.8 cm³/mol. The highest BCUT2D eigenvalue weighted by Gasteiger charge is 2.49. The lowest BCUT2D eigenvalue weighted by atomic mass is 9.90. The van der Waals surface area contributed by atoms with Gasteiger partial charge in [-0.15, -0.1) is 0 Å². The summed E-state index contributed by atoms with van der Waals surface area (Å²) >= 11 is 0. The van der Waals surface area contributed by atoms with Crippen molar-refractivity contribution in [1.29, 1.82) is 0 Å². The van der Waals surface area contributed by atoms with Gasteiger partial charge in [0.15, 0.2) is 5.96 Å². The first-order chi connectivity index (χ1) is 10.2. The zero-order chi connectivity index (χ0) is 14.4. The largest absolute Gasteiger partial charge is 0.369 e. The first-order valence-corrected chi connectivity index (χ1v) is 7.15. The van der Waals surface area contributed by atoms with Crippen LogP contribution in [0.5, 0.6) is 0 Å². The van der Waals surface area contributed by atoms with Crippen molar-refractivity contribution in [1.82, 2.24) is 0 Å². The number of benzene rings is 2. The minimum atomic E-state index is -0.330. The molecule has 2 aliphatic rings. The van der Waals surface area contributed by atoms with Gasteiger partial charge in [-0.3, -0.25) is 9.89 Å². The molecule has 0 fully saturated rings. The number of hydrogen-bond acceptors (Lipinski definition) is 3. The van der Waals surface area contributed by atoms with Crippen LogP contribution in [0.1, 0.15) is 17.5 Å². The lowest BCUT2D eigenvalue weighted by Crippen LogP contribution is -2.48. The molecule has 3 nitrogen and oxygen atoms in total. The lowest BCUT2D eigenvalue weighted by Gasteiger charge is -2.37. The molecule has 0 radical (unpaired) electrons. The molecule has 0 amide bonds. The number of aryl methyl sites for hydroxylation is 1. The molecular formula is C17H16FN3. The SMILES string of the molecule is NC1=NCC2(CCc3ccccc32)N1c1ccccc1F. The molecule has 1 unspecified atom stereocenters. The second-order valence-corrected chi connectivity index (χ2v) is 5.65. The molecule has 106 valence electrons. The number of fused-ring (bicyclic) bond motifs is 2. The van der Waals surface area contributed by atoms with Crippen LogP contribution in [0.4, 0.5) is 10.1 Å². The Labute approximate surface area is 122 Å². The molecule has 4 heteroatoms. The Bertz CT molecular complexity index is 740. The minimum Gasteiger partial charge on any atom is -0.369 e. The van der Waals surface area contributed by atoms with E-state index in [-0.39, 0.29) is 11.4 Å². The van der Waals surface area contributed by atoms with Crippen molar-refractivity contribution >= 4 is 11.6 Å². The van der Waals surface area contributed by atoms with Gasteiger partial charge in [-0.2, -0.15) is 0 Å². The number of para-hydroxylation sites is 1. The number of hydrogen-bond donors (Lipinski definition) is 1. The van der Waals surface area contributed by atoms with Crippen molar-refractivity contribution in [3.8, 4) is 0 Å². The summed E-state index contributed by atoms with van der Waals surface area (Å²) in [7, 11) is 0. The van der Waals surface area contributed by atoms with Gasteiger partial charge in [0.05, 0.1) is 17.8 Å². The van der Waals surface area contributed by atoms with Gasteiger partial charge in [-0.05, 0) is 36.1 Å². The summed E-state index contributed by atoms with van der Waals surface area (Å²) in [5.41, 5.74) is 8.81. The van der Waals surface area contributed by atoms with Crippen LogP contribution >= 0.6 is 0 Å². The molecule has 0 bridgehead atoms. The van der Waals surface area contributed by atoms with Crippen molar-refractivity contribution in [2.45, 2.75) is 18.4 Å². The monoisotopic (exact) mass is 281 g/mol. The summed E-state index contributed by atoms with van der Waals surface area (Å²) in [6.45, 7) is 0.587. The van der Waals surface area contributed by atoms with Gasteiger partial charge in [0, 0.05) is 0 Å². The maximum absolute atomic E-state index is 14.3. The molecule has 1 atom stereocenters. The van der Waals surface area contributed by atoms with Crippen LogP contribution in [0.2, 0.25) is 0 Å². The molecule has 0 saturated heterocycles. The topological polar surface area (TPSA) is 41.6 Å². The molecule has 2 N–H and O–H groups in total. The van der Waals surface area contributed by atoms with Gasteiger partial charge >= 0.3 is 0 Å². The van der Waals surface area contributed by atoms with Crippen molar-refractivity contribution in [2.24, 2.45) is 10.7 Å². The molecule has 0 saturated carbocycles. The van der Waals surface area contributed by atoms with Crippen LogP contribution in [-0.2, 0) is 12.0 Å². The summed E-state index contributed by atoms with van der Waals surface area (Å²) in [4.78, 5) is 6.31. The van der Waals surface area contributed by atoms with E-state index in [9.17, 15) is 4.39 Å². The molecule has 1 aliphatic carbocycles. The zero-order valence-corrected chi connectivity index (χ0v) is 11.6. The maximum Gasteiger partial charge on any atom is 0.196 e. The van der Waals surface area contributed by atoms with E-state index in [0.29, 0.717) is 18.2 Å². The Morgan fingerprint density at radius 3 is 2.71 bits per heavy atom. The number of nitrogens with two attached hydrogens (primary N) is 1. The molecule has 0 aromatic heterocycles. The van der Waals surface area contributed by atoms with Gasteiger partial charge in [-0.1, -0.05) is 36.4 Å². The zero-order valence-electron chi connectivity index (χ0n) is 11.6. The Balaban J connectivity index is 1.90. The Hall–Kier alpha value is -2.36. The van der Waals surface area contributed by atoms with Gasteiger partial charge in [0.1, 0.15) is 5.82 Å². The van der Waals surface area contributed by atoms with Gasteiger partial charge in [0.2, 0.25) is 0 Å². The van der Waals surface area contributed by atoms with E-state index < -0.39 is 0 Å². The maximum atomic E-state index is 14.3. The molecule has 4 rings (SSSR count). The Morgan fingerprint density at radius 1 is 1.10 bits per heavy atom. The highest BCUT2D eigenvalue weighted by Crippen LogP contribution is 2.46. The van der Waals surface area contributed by atoms with Crippen LogP contribution in [0.25, 0.3) is 0 Å². The van der Waals surface area contributed by atoms with Crippen LogP contribution < -0.4 is 10.6 Å². The normalized spacial score (nSPS) is 23.5. The van der Waals surface area contributed by atoms with Crippen molar-refractivity contribution in [2.75, 3.05) is 11.4 Å². The highest BCUT2D eigenvalue weighted by atomic mass is 19.1. The van der Waals surface area contributed by atoms with Gasteiger partial charge < -0.3 is 5.73 Å². The lowest BCUT2D eigenvalue weighted by molar-refractivity contribution is 0.469. The average Bonchev–Trinajstić information content (AvgIpc) is 3.03. The van der Waals surface area contributed by atoms with Crippen molar-refractivity contribution in [3.05, 3.63) is 65.5 Å². The third-order valence-electron chi connectivity index (χ3n) is 4.58. The van der Waals surface area contributed by atoms with Crippen LogP contribution in [0.15, 0.2) is 53.5 Å². The van der Waals surface area contributed by atoms with Gasteiger partial charge in [0.25, 0.3) is 0 Å². The van der Waals surface area contributed by atoms with E-state index in [1.54, 1.807) is 12.1 Å². The molecule has 21 heavy (non-hydrogen) atoms. The van der Waals surface area contributed by atoms with E-state index in [1.165, 1.54) is 17.2 Å². The first-order valence-electron chi connectivity index (χ1n) is 7.15. The van der Waals surface area contributed by atoms with Crippen molar-refractivity contribution < 1.29 is 4.39 Å². The fraction of sp³-hybridized carbons (Fsp3) is 0.235. The van der Waals surface area contributed by atoms with Crippen LogP contribution in [-0.4, -0.2) is 12.5 Å². The molecule has 2 aromatic rings. The summed E-state index contributed by atoms with van der Waals surface area (Å²) in [5, 5.41) is 0. The standard InChI is InChI=1S/C17H16FN3/c18-14-7-3-4-8-15(14)21-16(19)20-11-17(21)10-9-12-5-1-2-6-13(12)17/h1-8H,9-11H2,(H2,19,20). The molecule has 2 aromatic carbocycles. The molecule has 1 heterocycles. The number of anilines is 1. The third kappa shape index (κ3) is 1.62. The fourth-order valence-corrected chi connectivity index (χ4v) is 3.62. The fourth-order valence-electron chi connectivity index (χ4n) is 3.62. The minimum absolute atomic E-state index is 0.263. The molecular weight excluding hydrogens is 265 g/mol. The van der Waals surface area contributed by atoms with E-state index >= 15 is 0 Å². The van der Waals surface area contributed by atoms with E-state index in [4.69, 9.17) is 5.73 Å². The highest BCUT2D eigenvalue weighted by molar-refractivity contribution is 5.99.